The van der Waals surface area contributed by atoms with E-state index >= 15 is 0 Å². The smallest absolute Gasteiger partial charge is 0.264 e. The Bertz CT molecular complexity index is 1450. The third-order valence-electron chi connectivity index (χ3n) is 6.39. The summed E-state index contributed by atoms with van der Waals surface area (Å²) < 4.78 is 28.8. The first-order valence-electron chi connectivity index (χ1n) is 12.8. The van der Waals surface area contributed by atoms with E-state index in [9.17, 15) is 18.0 Å². The molecule has 0 spiro atoms. The van der Waals surface area contributed by atoms with Gasteiger partial charge in [0, 0.05) is 28.2 Å². The molecule has 1 atom stereocenters. The maximum atomic E-state index is 14.0. The van der Waals surface area contributed by atoms with Crippen molar-refractivity contribution in [2.75, 3.05) is 17.4 Å². The normalized spacial score (nSPS) is 12.1. The van der Waals surface area contributed by atoms with Crippen LogP contribution in [0.25, 0.3) is 0 Å². The number of carbonyl (C=O) groups is 2. The highest BCUT2D eigenvalue weighted by molar-refractivity contribution is 7.92. The van der Waals surface area contributed by atoms with Gasteiger partial charge in [-0.1, -0.05) is 72.4 Å². The third kappa shape index (κ3) is 7.91. The molecule has 2 amide bonds. The molecular weight excluding hydrogens is 593 g/mol. The number of amides is 2. The number of sulfonamides is 1. The number of carbonyl (C=O) groups excluding carboxylic acids is 2. The number of hydrogen-bond acceptors (Lipinski definition) is 4. The topological polar surface area (TPSA) is 86.8 Å². The van der Waals surface area contributed by atoms with Gasteiger partial charge >= 0.3 is 0 Å². The van der Waals surface area contributed by atoms with Crippen LogP contribution in [-0.2, 0) is 26.2 Å². The summed E-state index contributed by atoms with van der Waals surface area (Å²) in [6.45, 7) is 5.20. The first-order chi connectivity index (χ1) is 18.9. The van der Waals surface area contributed by atoms with E-state index in [-0.39, 0.29) is 17.3 Å². The van der Waals surface area contributed by atoms with E-state index in [0.717, 1.165) is 17.1 Å². The van der Waals surface area contributed by atoms with Crippen molar-refractivity contribution in [1.82, 2.24) is 10.2 Å². The zero-order chi connectivity index (χ0) is 29.4. The van der Waals surface area contributed by atoms with Crippen molar-refractivity contribution >= 4 is 62.3 Å². The minimum atomic E-state index is -4.17. The van der Waals surface area contributed by atoms with Gasteiger partial charge < -0.3 is 10.2 Å². The van der Waals surface area contributed by atoms with Gasteiger partial charge in [0.25, 0.3) is 10.0 Å². The summed E-state index contributed by atoms with van der Waals surface area (Å²) in [6.07, 6.45) is 1.68. The lowest BCUT2D eigenvalue weighted by atomic mass is 10.1. The van der Waals surface area contributed by atoms with Crippen LogP contribution in [0.5, 0.6) is 0 Å². The van der Waals surface area contributed by atoms with Crippen LogP contribution in [0.2, 0.25) is 15.1 Å². The molecule has 0 aliphatic heterocycles. The van der Waals surface area contributed by atoms with Gasteiger partial charge in [0.1, 0.15) is 12.6 Å². The Morgan fingerprint density at radius 1 is 0.950 bits per heavy atom. The van der Waals surface area contributed by atoms with Crippen LogP contribution in [0, 0.1) is 6.92 Å². The van der Waals surface area contributed by atoms with E-state index in [1.807, 2.05) is 6.92 Å². The standard InChI is InChI=1S/C29H32Cl3N3O4S/c1-4-5-15-33-29(37)21(3)34(18-22-11-12-24(31)17-26(22)32)28(36)19-35(27-14-13-23(30)16-20(27)2)40(38,39)25-9-7-6-8-10-25/h6-14,16-17,21H,4-5,15,18-19H2,1-3H3,(H,33,37)/t21-/m1/s1. The Morgan fingerprint density at radius 2 is 1.60 bits per heavy atom. The monoisotopic (exact) mass is 623 g/mol. The van der Waals surface area contributed by atoms with Gasteiger partial charge in [0.15, 0.2) is 0 Å². The van der Waals surface area contributed by atoms with Gasteiger partial charge in [-0.15, -0.1) is 0 Å². The Hall–Kier alpha value is -2.78. The van der Waals surface area contributed by atoms with Crippen LogP contribution in [0.15, 0.2) is 71.6 Å². The molecule has 0 aliphatic carbocycles. The maximum absolute atomic E-state index is 14.0. The van der Waals surface area contributed by atoms with Crippen LogP contribution >= 0.6 is 34.8 Å². The summed E-state index contributed by atoms with van der Waals surface area (Å²) in [5, 5.41) is 4.03. The van der Waals surface area contributed by atoms with Gasteiger partial charge in [-0.25, -0.2) is 8.42 Å². The fourth-order valence-corrected chi connectivity index (χ4v) is 6.28. The van der Waals surface area contributed by atoms with Crippen molar-refractivity contribution in [1.29, 1.82) is 0 Å². The van der Waals surface area contributed by atoms with Crippen molar-refractivity contribution in [3.8, 4) is 0 Å². The Balaban J connectivity index is 2.04. The number of unbranched alkanes of at least 4 members (excludes halogenated alkanes) is 1. The predicted molar refractivity (Wildman–Crippen MR) is 162 cm³/mol. The molecule has 3 aromatic rings. The van der Waals surface area contributed by atoms with Crippen LogP contribution in [0.1, 0.15) is 37.8 Å². The van der Waals surface area contributed by atoms with E-state index in [0.29, 0.717) is 38.4 Å². The quantitative estimate of drug-likeness (QED) is 0.234. The number of halogens is 3. The number of anilines is 1. The van der Waals surface area contributed by atoms with Gasteiger partial charge in [-0.05, 0) is 73.9 Å². The molecule has 1 N–H and O–H groups in total. The first kappa shape index (κ1) is 31.7. The van der Waals surface area contributed by atoms with Gasteiger partial charge in [0.2, 0.25) is 11.8 Å². The largest absolute Gasteiger partial charge is 0.354 e. The predicted octanol–water partition coefficient (Wildman–Crippen LogP) is 6.48. The second-order valence-corrected chi connectivity index (χ2v) is 12.5. The first-order valence-corrected chi connectivity index (χ1v) is 15.4. The average molecular weight is 625 g/mol. The summed E-state index contributed by atoms with van der Waals surface area (Å²) in [5.41, 5.74) is 1.43. The van der Waals surface area contributed by atoms with Gasteiger partial charge in [-0.2, -0.15) is 0 Å². The Kier molecular flexibility index (Phi) is 11.3. The van der Waals surface area contributed by atoms with E-state index in [4.69, 9.17) is 34.8 Å². The maximum Gasteiger partial charge on any atom is 0.264 e. The van der Waals surface area contributed by atoms with Crippen molar-refractivity contribution < 1.29 is 18.0 Å². The molecule has 0 aliphatic rings. The molecule has 0 unspecified atom stereocenters. The average Bonchev–Trinajstić information content (AvgIpc) is 2.91. The van der Waals surface area contributed by atoms with Crippen molar-refractivity contribution in [2.24, 2.45) is 0 Å². The summed E-state index contributed by atoms with van der Waals surface area (Å²) in [6, 6.07) is 16.6. The van der Waals surface area contributed by atoms with E-state index in [1.54, 1.807) is 68.4 Å². The van der Waals surface area contributed by atoms with Crippen molar-refractivity contribution in [2.45, 2.75) is 51.1 Å². The molecular formula is C29H32Cl3N3O4S. The fraction of sp³-hybridized carbons (Fsp3) is 0.310. The van der Waals surface area contributed by atoms with E-state index in [1.165, 1.54) is 17.0 Å². The minimum Gasteiger partial charge on any atom is -0.354 e. The lowest BCUT2D eigenvalue weighted by molar-refractivity contribution is -0.139. The van der Waals surface area contributed by atoms with Gasteiger partial charge in [-0.3, -0.25) is 13.9 Å². The number of nitrogens with zero attached hydrogens (tertiary/aromatic N) is 2. The highest BCUT2D eigenvalue weighted by atomic mass is 35.5. The molecule has 40 heavy (non-hydrogen) atoms. The van der Waals surface area contributed by atoms with E-state index in [2.05, 4.69) is 5.32 Å². The molecule has 0 radical (unpaired) electrons. The summed E-state index contributed by atoms with van der Waals surface area (Å²) in [7, 11) is -4.17. The zero-order valence-corrected chi connectivity index (χ0v) is 25.6. The lowest BCUT2D eigenvalue weighted by Crippen LogP contribution is -2.51. The SMILES string of the molecule is CCCCNC(=O)[C@@H](C)N(Cc1ccc(Cl)cc1Cl)C(=O)CN(c1ccc(Cl)cc1C)S(=O)(=O)c1ccccc1. The van der Waals surface area contributed by atoms with Crippen molar-refractivity contribution in [3.05, 3.63) is 92.9 Å². The fourth-order valence-electron chi connectivity index (χ4n) is 4.08. The zero-order valence-electron chi connectivity index (χ0n) is 22.5. The highest BCUT2D eigenvalue weighted by Crippen LogP contribution is 2.30. The second kappa shape index (κ2) is 14.2. The Morgan fingerprint density at radius 3 is 2.23 bits per heavy atom. The molecule has 0 fully saturated rings. The van der Waals surface area contributed by atoms with Crippen LogP contribution < -0.4 is 9.62 Å². The molecule has 0 aromatic heterocycles. The summed E-state index contributed by atoms with van der Waals surface area (Å²) >= 11 is 18.6. The van der Waals surface area contributed by atoms with E-state index < -0.39 is 28.5 Å². The molecule has 3 rings (SSSR count). The van der Waals surface area contributed by atoms with Gasteiger partial charge in [0.05, 0.1) is 10.6 Å². The molecule has 0 saturated heterocycles. The second-order valence-electron chi connectivity index (χ2n) is 9.33. The molecule has 0 bridgehead atoms. The number of hydrogen-bond donors (Lipinski definition) is 1. The summed E-state index contributed by atoms with van der Waals surface area (Å²) in [5.74, 6) is -0.940. The van der Waals surface area contributed by atoms with Crippen LogP contribution in [0.3, 0.4) is 0 Å². The number of aryl methyl sites for hydroxylation is 1. The molecule has 0 saturated carbocycles. The van der Waals surface area contributed by atoms with Crippen molar-refractivity contribution in [3.63, 3.8) is 0 Å². The Labute approximate surface area is 251 Å². The molecule has 7 nitrogen and oxygen atoms in total. The molecule has 214 valence electrons. The molecule has 0 heterocycles. The summed E-state index contributed by atoms with van der Waals surface area (Å²) in [4.78, 5) is 28.4. The number of benzene rings is 3. The minimum absolute atomic E-state index is 0.0230. The highest BCUT2D eigenvalue weighted by Gasteiger charge is 2.33. The molecule has 11 heteroatoms. The van der Waals surface area contributed by atoms with Crippen LogP contribution in [-0.4, -0.2) is 44.3 Å². The third-order valence-corrected chi connectivity index (χ3v) is 8.99. The molecule has 3 aromatic carbocycles. The number of rotatable bonds is 12. The lowest BCUT2D eigenvalue weighted by Gasteiger charge is -2.32. The number of nitrogens with one attached hydrogen (secondary N) is 1. The van der Waals surface area contributed by atoms with Crippen LogP contribution in [0.4, 0.5) is 5.69 Å².